The summed E-state index contributed by atoms with van der Waals surface area (Å²) in [5.41, 5.74) is 9.76. The fourth-order valence-corrected chi connectivity index (χ4v) is 2.53. The van der Waals surface area contributed by atoms with Crippen LogP contribution >= 0.6 is 0 Å². The number of hydrogen-bond donors (Lipinski definition) is 1. The zero-order valence-electron chi connectivity index (χ0n) is 12.2. The number of rotatable bonds is 6. The summed E-state index contributed by atoms with van der Waals surface area (Å²) in [4.78, 5) is 2.28. The average molecular weight is 250 g/mol. The Balaban J connectivity index is 2.92. The van der Waals surface area contributed by atoms with Gasteiger partial charge in [-0.05, 0) is 25.5 Å². The van der Waals surface area contributed by atoms with Crippen LogP contribution < -0.4 is 10.6 Å². The van der Waals surface area contributed by atoms with Crippen LogP contribution in [0, 0.1) is 19.8 Å². The molecule has 1 aromatic rings. The zero-order chi connectivity index (χ0) is 13.7. The van der Waals surface area contributed by atoms with Crippen LogP contribution in [0.2, 0.25) is 0 Å². The van der Waals surface area contributed by atoms with Gasteiger partial charge in [-0.15, -0.1) is 0 Å². The van der Waals surface area contributed by atoms with E-state index in [9.17, 15) is 0 Å². The number of benzene rings is 1. The Hall–Kier alpha value is -1.06. The summed E-state index contributed by atoms with van der Waals surface area (Å²) >= 11 is 0. The summed E-state index contributed by atoms with van der Waals surface area (Å²) < 4.78 is 5.24. The van der Waals surface area contributed by atoms with Crippen molar-refractivity contribution < 1.29 is 4.74 Å². The molecule has 0 aliphatic rings. The largest absolute Gasteiger partial charge is 0.384 e. The molecule has 1 rings (SSSR count). The van der Waals surface area contributed by atoms with Crippen LogP contribution in [-0.4, -0.2) is 33.4 Å². The fourth-order valence-electron chi connectivity index (χ4n) is 2.53. The Labute approximate surface area is 111 Å². The zero-order valence-corrected chi connectivity index (χ0v) is 12.2. The van der Waals surface area contributed by atoms with Gasteiger partial charge in [-0.1, -0.05) is 24.6 Å². The van der Waals surface area contributed by atoms with Crippen LogP contribution in [0.1, 0.15) is 18.1 Å². The first-order valence-electron chi connectivity index (χ1n) is 6.50. The number of ether oxygens (including phenoxy) is 1. The number of nitrogens with two attached hydrogens (primary N) is 1. The molecule has 0 saturated heterocycles. The first kappa shape index (κ1) is 15.0. The van der Waals surface area contributed by atoms with Crippen molar-refractivity contribution in [2.75, 3.05) is 32.2 Å². The third kappa shape index (κ3) is 3.47. The van der Waals surface area contributed by atoms with E-state index in [0.29, 0.717) is 18.5 Å². The predicted molar refractivity (Wildman–Crippen MR) is 78.2 cm³/mol. The smallest absolute Gasteiger partial charge is 0.0507 e. The van der Waals surface area contributed by atoms with Crippen molar-refractivity contribution in [2.24, 2.45) is 11.7 Å². The van der Waals surface area contributed by atoms with Gasteiger partial charge in [-0.2, -0.15) is 0 Å². The second kappa shape index (κ2) is 6.76. The maximum absolute atomic E-state index is 5.92. The average Bonchev–Trinajstić information content (AvgIpc) is 2.29. The van der Waals surface area contributed by atoms with E-state index in [4.69, 9.17) is 10.5 Å². The van der Waals surface area contributed by atoms with Crippen molar-refractivity contribution in [3.05, 3.63) is 29.3 Å². The topological polar surface area (TPSA) is 38.5 Å². The molecule has 18 heavy (non-hydrogen) atoms. The first-order valence-corrected chi connectivity index (χ1v) is 6.50. The second-order valence-corrected chi connectivity index (χ2v) is 5.14. The minimum atomic E-state index is 0.298. The van der Waals surface area contributed by atoms with Gasteiger partial charge in [0.25, 0.3) is 0 Å². The standard InChI is InChI=1S/C15H26N2O/c1-11-6-7-14(12(2)8-11)17(4)15(9-16)13(3)10-18-5/h6-8,13,15H,9-10,16H2,1-5H3. The lowest BCUT2D eigenvalue weighted by molar-refractivity contribution is 0.147. The molecule has 0 bridgehead atoms. The summed E-state index contributed by atoms with van der Waals surface area (Å²) in [5.74, 6) is 0.408. The maximum Gasteiger partial charge on any atom is 0.0507 e. The number of nitrogens with zero attached hydrogens (tertiary/aromatic N) is 1. The minimum Gasteiger partial charge on any atom is -0.384 e. The summed E-state index contributed by atoms with van der Waals surface area (Å²) in [6.07, 6.45) is 0. The summed E-state index contributed by atoms with van der Waals surface area (Å²) in [6, 6.07) is 6.83. The minimum absolute atomic E-state index is 0.298. The van der Waals surface area contributed by atoms with Crippen LogP contribution in [0.5, 0.6) is 0 Å². The Morgan fingerprint density at radius 2 is 2.00 bits per heavy atom. The number of aryl methyl sites for hydroxylation is 2. The molecule has 0 heterocycles. The van der Waals surface area contributed by atoms with Crippen molar-refractivity contribution in [1.82, 2.24) is 0 Å². The van der Waals surface area contributed by atoms with Gasteiger partial charge in [0, 0.05) is 38.3 Å². The van der Waals surface area contributed by atoms with Crippen LogP contribution in [0.4, 0.5) is 5.69 Å². The predicted octanol–water partition coefficient (Wildman–Crippen LogP) is 2.35. The molecule has 0 spiro atoms. The normalized spacial score (nSPS) is 14.3. The highest BCUT2D eigenvalue weighted by atomic mass is 16.5. The fraction of sp³-hybridized carbons (Fsp3) is 0.600. The Morgan fingerprint density at radius 1 is 1.33 bits per heavy atom. The van der Waals surface area contributed by atoms with E-state index in [1.54, 1.807) is 7.11 Å². The lowest BCUT2D eigenvalue weighted by Crippen LogP contribution is -2.44. The quantitative estimate of drug-likeness (QED) is 0.842. The van der Waals surface area contributed by atoms with E-state index in [-0.39, 0.29) is 0 Å². The highest BCUT2D eigenvalue weighted by Crippen LogP contribution is 2.24. The number of likely N-dealkylation sites (N-methyl/N-ethyl adjacent to an activating group) is 1. The monoisotopic (exact) mass is 250 g/mol. The molecular formula is C15H26N2O. The first-order chi connectivity index (χ1) is 8.51. The number of anilines is 1. The van der Waals surface area contributed by atoms with Crippen molar-refractivity contribution in [3.63, 3.8) is 0 Å². The third-order valence-corrected chi connectivity index (χ3v) is 3.56. The molecule has 0 aliphatic carbocycles. The Kier molecular flexibility index (Phi) is 5.63. The third-order valence-electron chi connectivity index (χ3n) is 3.56. The number of hydrogen-bond acceptors (Lipinski definition) is 3. The second-order valence-electron chi connectivity index (χ2n) is 5.14. The van der Waals surface area contributed by atoms with Crippen LogP contribution in [0.15, 0.2) is 18.2 Å². The van der Waals surface area contributed by atoms with E-state index in [1.807, 2.05) is 0 Å². The van der Waals surface area contributed by atoms with Gasteiger partial charge in [-0.25, -0.2) is 0 Å². The van der Waals surface area contributed by atoms with Gasteiger partial charge in [0.1, 0.15) is 0 Å². The van der Waals surface area contributed by atoms with Crippen molar-refractivity contribution >= 4 is 5.69 Å². The summed E-state index contributed by atoms with van der Waals surface area (Å²) in [7, 11) is 3.85. The Bertz CT molecular complexity index is 379. The van der Waals surface area contributed by atoms with E-state index < -0.39 is 0 Å². The number of methoxy groups -OCH3 is 1. The molecule has 0 saturated carbocycles. The molecular weight excluding hydrogens is 224 g/mol. The van der Waals surface area contributed by atoms with Crippen molar-refractivity contribution in [1.29, 1.82) is 0 Å². The van der Waals surface area contributed by atoms with Gasteiger partial charge >= 0.3 is 0 Å². The highest BCUT2D eigenvalue weighted by Gasteiger charge is 2.21. The molecule has 0 fully saturated rings. The SMILES string of the molecule is COCC(C)C(CN)N(C)c1ccc(C)cc1C. The molecule has 0 radical (unpaired) electrons. The van der Waals surface area contributed by atoms with Gasteiger partial charge in [0.15, 0.2) is 0 Å². The maximum atomic E-state index is 5.92. The summed E-state index contributed by atoms with van der Waals surface area (Å²) in [5, 5.41) is 0. The summed E-state index contributed by atoms with van der Waals surface area (Å²) in [6.45, 7) is 7.81. The van der Waals surface area contributed by atoms with E-state index in [1.165, 1.54) is 16.8 Å². The van der Waals surface area contributed by atoms with Crippen LogP contribution in [-0.2, 0) is 4.74 Å². The molecule has 3 nitrogen and oxygen atoms in total. The van der Waals surface area contributed by atoms with E-state index in [2.05, 4.69) is 50.9 Å². The van der Waals surface area contributed by atoms with E-state index >= 15 is 0 Å². The molecule has 2 atom stereocenters. The lowest BCUT2D eigenvalue weighted by atomic mass is 10.00. The Morgan fingerprint density at radius 3 is 2.50 bits per heavy atom. The molecule has 102 valence electrons. The van der Waals surface area contributed by atoms with Crippen molar-refractivity contribution in [2.45, 2.75) is 26.8 Å². The van der Waals surface area contributed by atoms with Gasteiger partial charge in [-0.3, -0.25) is 0 Å². The lowest BCUT2D eigenvalue weighted by Gasteiger charge is -2.34. The van der Waals surface area contributed by atoms with Gasteiger partial charge in [0.05, 0.1) is 6.61 Å². The molecule has 2 N–H and O–H groups in total. The van der Waals surface area contributed by atoms with Crippen LogP contribution in [0.3, 0.4) is 0 Å². The molecule has 2 unspecified atom stereocenters. The molecule has 0 amide bonds. The molecule has 0 aromatic heterocycles. The van der Waals surface area contributed by atoms with Gasteiger partial charge in [0.2, 0.25) is 0 Å². The molecule has 1 aromatic carbocycles. The van der Waals surface area contributed by atoms with E-state index in [0.717, 1.165) is 6.61 Å². The molecule has 3 heteroatoms. The molecule has 0 aliphatic heterocycles. The van der Waals surface area contributed by atoms with Crippen LogP contribution in [0.25, 0.3) is 0 Å². The highest BCUT2D eigenvalue weighted by molar-refractivity contribution is 5.54. The van der Waals surface area contributed by atoms with Gasteiger partial charge < -0.3 is 15.4 Å². The van der Waals surface area contributed by atoms with Crippen molar-refractivity contribution in [3.8, 4) is 0 Å².